The van der Waals surface area contributed by atoms with Gasteiger partial charge < -0.3 is 4.74 Å². The molecule has 0 aromatic rings. The maximum Gasteiger partial charge on any atom is 0.185 e. The number of rotatable bonds is 1. The number of allylic oxidation sites excluding steroid dienone is 5. The molecule has 0 radical (unpaired) electrons. The van der Waals surface area contributed by atoms with Gasteiger partial charge >= 0.3 is 0 Å². The van der Waals surface area contributed by atoms with Gasteiger partial charge in [-0.15, -0.1) is 0 Å². The molecule has 0 heterocycles. The van der Waals surface area contributed by atoms with E-state index in [9.17, 15) is 4.79 Å². The summed E-state index contributed by atoms with van der Waals surface area (Å²) in [5.41, 5.74) is 2.69. The summed E-state index contributed by atoms with van der Waals surface area (Å²) < 4.78 is 5.57. The first-order valence-corrected chi connectivity index (χ1v) is 6.51. The van der Waals surface area contributed by atoms with E-state index in [1.54, 1.807) is 13.2 Å². The summed E-state index contributed by atoms with van der Waals surface area (Å²) in [6.45, 7) is 8.03. The van der Waals surface area contributed by atoms with Gasteiger partial charge in [0, 0.05) is 12.7 Å². The summed E-state index contributed by atoms with van der Waals surface area (Å²) in [5.74, 6) is 0.101. The minimum atomic E-state index is -0.279. The molecule has 0 bridgehead atoms. The average molecular weight is 248 g/mol. The summed E-state index contributed by atoms with van der Waals surface area (Å²) in [6, 6.07) is 0. The van der Waals surface area contributed by atoms with E-state index in [-0.39, 0.29) is 11.4 Å². The third-order valence-corrected chi connectivity index (χ3v) is 3.49. The zero-order valence-electron chi connectivity index (χ0n) is 12.2. The van der Waals surface area contributed by atoms with Crippen molar-refractivity contribution in [3.63, 3.8) is 0 Å². The monoisotopic (exact) mass is 248 g/mol. The number of ketones is 1. The number of hydrogen-bond donors (Lipinski definition) is 0. The van der Waals surface area contributed by atoms with Crippen LogP contribution in [0.4, 0.5) is 0 Å². The highest BCUT2D eigenvalue weighted by Crippen LogP contribution is 2.24. The lowest BCUT2D eigenvalue weighted by molar-refractivity contribution is -0.111. The second-order valence-electron chi connectivity index (χ2n) is 5.47. The van der Waals surface area contributed by atoms with E-state index in [0.29, 0.717) is 0 Å². The van der Waals surface area contributed by atoms with Crippen LogP contribution in [-0.2, 0) is 9.53 Å². The average Bonchev–Trinajstić information content (AvgIpc) is 2.28. The maximum absolute atomic E-state index is 12.2. The van der Waals surface area contributed by atoms with Crippen molar-refractivity contribution >= 4 is 5.78 Å². The molecule has 1 aliphatic rings. The highest BCUT2D eigenvalue weighted by Gasteiger charge is 2.21. The van der Waals surface area contributed by atoms with Gasteiger partial charge in [-0.1, -0.05) is 23.3 Å². The number of methoxy groups -OCH3 is 1. The Hall–Kier alpha value is -1.15. The van der Waals surface area contributed by atoms with Crippen molar-refractivity contribution in [3.8, 4) is 0 Å². The van der Waals surface area contributed by atoms with Gasteiger partial charge in [0.05, 0.1) is 5.60 Å². The Bertz CT molecular complexity index is 409. The molecule has 0 amide bonds. The predicted octanol–water partition coefficient (Wildman–Crippen LogP) is 3.98. The van der Waals surface area contributed by atoms with Crippen molar-refractivity contribution in [2.45, 2.75) is 52.6 Å². The molecule has 18 heavy (non-hydrogen) atoms. The molecule has 1 atom stereocenters. The molecule has 0 aliphatic heterocycles. The van der Waals surface area contributed by atoms with E-state index in [1.165, 1.54) is 0 Å². The summed E-state index contributed by atoms with van der Waals surface area (Å²) in [5, 5.41) is 0. The Balaban J connectivity index is 3.16. The molecule has 0 saturated carbocycles. The van der Waals surface area contributed by atoms with Crippen LogP contribution in [0.3, 0.4) is 0 Å². The molecule has 2 heteroatoms. The standard InChI is InChI=1S/C16H24O2/c1-12(2)14-8-10-16(4,18-5)9-6-7-13(3)11-15(14)17/h8,10-11H,6-7,9H2,1-5H3/b10-8+,13-11-. The van der Waals surface area contributed by atoms with E-state index < -0.39 is 0 Å². The fourth-order valence-corrected chi connectivity index (χ4v) is 2.10. The van der Waals surface area contributed by atoms with E-state index in [4.69, 9.17) is 4.74 Å². The quantitative estimate of drug-likeness (QED) is 0.656. The smallest absolute Gasteiger partial charge is 0.185 e. The zero-order chi connectivity index (χ0) is 13.8. The van der Waals surface area contributed by atoms with Crippen molar-refractivity contribution in [2.75, 3.05) is 7.11 Å². The van der Waals surface area contributed by atoms with Crippen LogP contribution >= 0.6 is 0 Å². The molecule has 0 fully saturated rings. The third-order valence-electron chi connectivity index (χ3n) is 3.49. The molecular formula is C16H24O2. The lowest BCUT2D eigenvalue weighted by Gasteiger charge is -2.25. The van der Waals surface area contributed by atoms with Crippen LogP contribution in [0.1, 0.15) is 47.0 Å². The summed E-state index contributed by atoms with van der Waals surface area (Å²) in [4.78, 5) is 12.2. The number of ether oxygens (including phenoxy) is 1. The zero-order valence-corrected chi connectivity index (χ0v) is 12.2. The third kappa shape index (κ3) is 3.95. The lowest BCUT2D eigenvalue weighted by atomic mass is 9.92. The molecule has 1 unspecified atom stereocenters. The van der Waals surface area contributed by atoms with Crippen LogP contribution in [-0.4, -0.2) is 18.5 Å². The van der Waals surface area contributed by atoms with Gasteiger partial charge in [-0.2, -0.15) is 0 Å². The Morgan fingerprint density at radius 1 is 1.39 bits per heavy atom. The Labute approximate surface area is 110 Å². The first kappa shape index (κ1) is 14.9. The van der Waals surface area contributed by atoms with Crippen molar-refractivity contribution in [1.82, 2.24) is 0 Å². The van der Waals surface area contributed by atoms with Crippen LogP contribution in [0.5, 0.6) is 0 Å². The topological polar surface area (TPSA) is 26.3 Å². The molecule has 100 valence electrons. The van der Waals surface area contributed by atoms with Crippen LogP contribution in [0, 0.1) is 0 Å². The minimum Gasteiger partial charge on any atom is -0.374 e. The molecule has 0 aromatic carbocycles. The number of carbonyl (C=O) groups excluding carboxylic acids is 1. The second kappa shape index (κ2) is 6.14. The number of hydrogen-bond acceptors (Lipinski definition) is 2. The fourth-order valence-electron chi connectivity index (χ4n) is 2.10. The largest absolute Gasteiger partial charge is 0.374 e. The van der Waals surface area contributed by atoms with Gasteiger partial charge in [0.15, 0.2) is 5.78 Å². The van der Waals surface area contributed by atoms with Crippen molar-refractivity contribution in [3.05, 3.63) is 34.9 Å². The Morgan fingerprint density at radius 2 is 2.06 bits per heavy atom. The molecule has 2 nitrogen and oxygen atoms in total. The Morgan fingerprint density at radius 3 is 2.61 bits per heavy atom. The van der Waals surface area contributed by atoms with Crippen molar-refractivity contribution in [2.24, 2.45) is 0 Å². The maximum atomic E-state index is 12.2. The minimum absolute atomic E-state index is 0.101. The van der Waals surface area contributed by atoms with Crippen LogP contribution in [0.2, 0.25) is 0 Å². The van der Waals surface area contributed by atoms with E-state index in [0.717, 1.165) is 36.0 Å². The summed E-state index contributed by atoms with van der Waals surface area (Å²) in [7, 11) is 1.73. The molecule has 1 rings (SSSR count). The van der Waals surface area contributed by atoms with E-state index >= 15 is 0 Å². The Kier molecular flexibility index (Phi) is 5.09. The molecule has 0 aromatic heterocycles. The summed E-state index contributed by atoms with van der Waals surface area (Å²) >= 11 is 0. The molecule has 0 N–H and O–H groups in total. The van der Waals surface area contributed by atoms with Gasteiger partial charge in [-0.3, -0.25) is 4.79 Å². The SMILES string of the molecule is COC1(C)/C=C/C(=C(C)C)C(=O)/C=C(/C)CCC1. The lowest BCUT2D eigenvalue weighted by Crippen LogP contribution is -2.24. The van der Waals surface area contributed by atoms with E-state index in [1.807, 2.05) is 32.9 Å². The fraction of sp³-hybridized carbons (Fsp3) is 0.562. The van der Waals surface area contributed by atoms with Crippen LogP contribution in [0.15, 0.2) is 34.9 Å². The van der Waals surface area contributed by atoms with Gasteiger partial charge in [-0.25, -0.2) is 0 Å². The van der Waals surface area contributed by atoms with Crippen LogP contribution < -0.4 is 0 Å². The first-order valence-electron chi connectivity index (χ1n) is 6.51. The second-order valence-corrected chi connectivity index (χ2v) is 5.47. The number of carbonyl (C=O) groups is 1. The highest BCUT2D eigenvalue weighted by atomic mass is 16.5. The normalized spacial score (nSPS) is 30.6. The molecule has 1 aliphatic carbocycles. The first-order chi connectivity index (χ1) is 8.38. The van der Waals surface area contributed by atoms with Crippen LogP contribution in [0.25, 0.3) is 0 Å². The highest BCUT2D eigenvalue weighted by molar-refractivity contribution is 6.06. The molecular weight excluding hydrogens is 224 g/mol. The van der Waals surface area contributed by atoms with Gasteiger partial charge in [0.1, 0.15) is 0 Å². The van der Waals surface area contributed by atoms with E-state index in [2.05, 4.69) is 6.92 Å². The van der Waals surface area contributed by atoms with Gasteiger partial charge in [-0.05, 0) is 53.0 Å². The van der Waals surface area contributed by atoms with Crippen molar-refractivity contribution < 1.29 is 9.53 Å². The predicted molar refractivity (Wildman–Crippen MR) is 75.5 cm³/mol. The van der Waals surface area contributed by atoms with Gasteiger partial charge in [0.2, 0.25) is 0 Å². The van der Waals surface area contributed by atoms with Crippen molar-refractivity contribution in [1.29, 1.82) is 0 Å². The molecule has 0 saturated heterocycles. The summed E-state index contributed by atoms with van der Waals surface area (Å²) in [6.07, 6.45) is 8.65. The van der Waals surface area contributed by atoms with Gasteiger partial charge in [0.25, 0.3) is 0 Å². The molecule has 0 spiro atoms.